The summed E-state index contributed by atoms with van der Waals surface area (Å²) in [7, 11) is 0. The van der Waals surface area contributed by atoms with E-state index in [-0.39, 0.29) is 35.4 Å². The third-order valence-corrected chi connectivity index (χ3v) is 5.05. The second-order valence-electron chi connectivity index (χ2n) is 8.15. The summed E-state index contributed by atoms with van der Waals surface area (Å²) >= 11 is 0. The summed E-state index contributed by atoms with van der Waals surface area (Å²) in [5.74, 6) is -3.14. The van der Waals surface area contributed by atoms with Crippen LogP contribution in [0.3, 0.4) is 0 Å². The molecule has 1 aromatic carbocycles. The minimum absolute atomic E-state index is 0.00122. The molecule has 1 N–H and O–H groups in total. The topological polar surface area (TPSA) is 73.0 Å². The van der Waals surface area contributed by atoms with Gasteiger partial charge < -0.3 is 9.80 Å². The fourth-order valence-electron chi connectivity index (χ4n) is 3.46. The van der Waals surface area contributed by atoms with Crippen LogP contribution in [0.5, 0.6) is 0 Å². The van der Waals surface area contributed by atoms with Crippen LogP contribution in [0.2, 0.25) is 0 Å². The van der Waals surface area contributed by atoms with E-state index in [2.05, 4.69) is 5.32 Å². The lowest BCUT2D eigenvalue weighted by Gasteiger charge is -2.43. The van der Waals surface area contributed by atoms with Crippen molar-refractivity contribution in [2.75, 3.05) is 30.9 Å². The van der Waals surface area contributed by atoms with E-state index in [1.807, 2.05) is 0 Å². The van der Waals surface area contributed by atoms with Crippen LogP contribution in [0.25, 0.3) is 0 Å². The van der Waals surface area contributed by atoms with Gasteiger partial charge in [0.1, 0.15) is 11.9 Å². The van der Waals surface area contributed by atoms with Crippen molar-refractivity contribution in [3.8, 4) is 0 Å². The third kappa shape index (κ3) is 3.61. The van der Waals surface area contributed by atoms with Gasteiger partial charge in [0.25, 0.3) is 5.91 Å². The predicted molar refractivity (Wildman–Crippen MR) is 106 cm³/mol. The second-order valence-corrected chi connectivity index (χ2v) is 8.15. The fraction of sp³-hybridized carbons (Fsp3) is 0.571. The molecule has 4 rings (SSSR count). The van der Waals surface area contributed by atoms with Crippen molar-refractivity contribution < 1.29 is 29.7 Å². The SMILES string of the molecule is [2H]C1([2H])N(c2cc3c(cc2F)C(=O)N([C@H]2CCC(=O)NC2=O)C3)C([2H])([2H])C([2H])([2H])N(C(C)(C)C)C1([2H])[2H]. The number of piperazine rings is 1. The molecule has 2 fully saturated rings. The van der Waals surface area contributed by atoms with Gasteiger partial charge in [-0.05, 0) is 44.9 Å². The molecular weight excluding hydrogens is 375 g/mol. The van der Waals surface area contributed by atoms with E-state index in [0.717, 1.165) is 17.0 Å². The number of piperidine rings is 1. The van der Waals surface area contributed by atoms with Gasteiger partial charge in [-0.1, -0.05) is 0 Å². The Hall–Kier alpha value is -2.48. The van der Waals surface area contributed by atoms with Gasteiger partial charge in [-0.25, -0.2) is 4.39 Å². The Morgan fingerprint density at radius 3 is 2.45 bits per heavy atom. The molecule has 0 saturated carbocycles. The van der Waals surface area contributed by atoms with E-state index in [1.165, 1.54) is 20.8 Å². The number of halogens is 1. The number of fused-ring (bicyclic) bond motifs is 1. The molecule has 3 heterocycles. The van der Waals surface area contributed by atoms with Crippen LogP contribution in [0.4, 0.5) is 10.1 Å². The van der Waals surface area contributed by atoms with Gasteiger partial charge in [-0.3, -0.25) is 24.6 Å². The number of imide groups is 1. The molecule has 29 heavy (non-hydrogen) atoms. The number of anilines is 1. The zero-order valence-electron chi connectivity index (χ0n) is 24.3. The highest BCUT2D eigenvalue weighted by atomic mass is 19.1. The monoisotopic (exact) mass is 410 g/mol. The van der Waals surface area contributed by atoms with Gasteiger partial charge in [-0.2, -0.15) is 0 Å². The average molecular weight is 411 g/mol. The first-order chi connectivity index (χ1) is 16.7. The molecule has 0 radical (unpaired) electrons. The predicted octanol–water partition coefficient (Wildman–Crippen LogP) is 1.51. The normalized spacial score (nSPS) is 34.5. The molecule has 0 spiro atoms. The molecule has 7 nitrogen and oxygen atoms in total. The number of rotatable bonds is 2. The fourth-order valence-corrected chi connectivity index (χ4v) is 3.46. The summed E-state index contributed by atoms with van der Waals surface area (Å²) < 4.78 is 83.9. The maximum absolute atomic E-state index is 15.5. The molecule has 3 aliphatic heterocycles. The highest BCUT2D eigenvalue weighted by Crippen LogP contribution is 2.33. The van der Waals surface area contributed by atoms with Crippen molar-refractivity contribution in [3.05, 3.63) is 29.1 Å². The largest absolute Gasteiger partial charge is 0.367 e. The molecule has 3 amide bonds. The molecule has 1 aromatic rings. The van der Waals surface area contributed by atoms with Crippen molar-refractivity contribution in [1.82, 2.24) is 15.1 Å². The van der Waals surface area contributed by atoms with Crippen LogP contribution in [0, 0.1) is 5.82 Å². The summed E-state index contributed by atoms with van der Waals surface area (Å²) in [5, 5.41) is 2.14. The minimum atomic E-state index is -3.28. The number of nitrogens with one attached hydrogen (secondary N) is 1. The third-order valence-electron chi connectivity index (χ3n) is 5.05. The summed E-state index contributed by atoms with van der Waals surface area (Å²) in [4.78, 5) is 38.5. The summed E-state index contributed by atoms with van der Waals surface area (Å²) in [6.45, 7) is -8.82. The van der Waals surface area contributed by atoms with Crippen LogP contribution in [0.1, 0.15) is 60.5 Å². The lowest BCUT2D eigenvalue weighted by atomic mass is 10.0. The van der Waals surface area contributed by atoms with E-state index in [9.17, 15) is 14.4 Å². The average Bonchev–Trinajstić information content (AvgIpc) is 3.01. The highest BCUT2D eigenvalue weighted by Gasteiger charge is 2.40. The van der Waals surface area contributed by atoms with Crippen LogP contribution in [-0.4, -0.2) is 65.1 Å². The number of benzene rings is 1. The first-order valence-corrected chi connectivity index (χ1v) is 9.25. The Bertz CT molecular complexity index is 1170. The van der Waals surface area contributed by atoms with Gasteiger partial charge in [0.15, 0.2) is 0 Å². The maximum Gasteiger partial charge on any atom is 0.255 e. The Kier molecular flexibility index (Phi) is 3.00. The van der Waals surface area contributed by atoms with Crippen LogP contribution in [-0.2, 0) is 16.1 Å². The van der Waals surface area contributed by atoms with Crippen molar-refractivity contribution in [1.29, 1.82) is 0 Å². The number of hydrogen-bond donors (Lipinski definition) is 1. The van der Waals surface area contributed by atoms with Crippen molar-refractivity contribution in [2.45, 2.75) is 51.7 Å². The number of hydrogen-bond acceptors (Lipinski definition) is 5. The van der Waals surface area contributed by atoms with E-state index >= 15 is 4.39 Å². The molecule has 1 atom stereocenters. The van der Waals surface area contributed by atoms with Gasteiger partial charge >= 0.3 is 0 Å². The molecule has 156 valence electrons. The van der Waals surface area contributed by atoms with Gasteiger partial charge in [0.2, 0.25) is 11.8 Å². The van der Waals surface area contributed by atoms with Crippen LogP contribution >= 0.6 is 0 Å². The molecule has 0 bridgehead atoms. The molecule has 0 aromatic heterocycles. The molecule has 3 aliphatic rings. The zero-order valence-corrected chi connectivity index (χ0v) is 16.3. The Labute approximate surface area is 181 Å². The van der Waals surface area contributed by atoms with Crippen LogP contribution in [0.15, 0.2) is 12.1 Å². The van der Waals surface area contributed by atoms with E-state index in [1.54, 1.807) is 0 Å². The van der Waals surface area contributed by atoms with Gasteiger partial charge in [0.05, 0.1) is 11.2 Å². The Morgan fingerprint density at radius 2 is 1.83 bits per heavy atom. The first-order valence-electron chi connectivity index (χ1n) is 13.2. The Morgan fingerprint density at radius 1 is 1.14 bits per heavy atom. The standard InChI is InChI=1S/C21H27FN4O3/c1-21(2,3)25-8-6-24(7-9-25)17-10-13-12-26(20(29)14(13)11-15(17)22)16-4-5-18(27)23-19(16)28/h10-11,16H,4-9,12H2,1-3H3,(H,23,27,28)/t16-/m0/s1/i6D2,7D2,8D2,9D2. The summed E-state index contributed by atoms with van der Waals surface area (Å²) in [6.07, 6.45) is 0.0544. The minimum Gasteiger partial charge on any atom is -0.367 e. The van der Waals surface area contributed by atoms with Gasteiger partial charge in [0, 0.05) is 55.5 Å². The molecule has 0 unspecified atom stereocenters. The lowest BCUT2D eigenvalue weighted by Crippen LogP contribution is -2.53. The number of amides is 3. The summed E-state index contributed by atoms with van der Waals surface area (Å²) in [6, 6.07) is 0.746. The van der Waals surface area contributed by atoms with Gasteiger partial charge in [-0.15, -0.1) is 0 Å². The molecule has 2 saturated heterocycles. The number of carbonyl (C=O) groups excluding carboxylic acids is 3. The van der Waals surface area contributed by atoms with Crippen molar-refractivity contribution >= 4 is 23.4 Å². The molecule has 0 aliphatic carbocycles. The highest BCUT2D eigenvalue weighted by molar-refractivity contribution is 6.05. The first kappa shape index (κ1) is 12.3. The molecular formula is C21H27FN4O3. The summed E-state index contributed by atoms with van der Waals surface area (Å²) in [5.41, 5.74) is -2.16. The van der Waals surface area contributed by atoms with E-state index < -0.39 is 66.8 Å². The zero-order chi connectivity index (χ0) is 28.1. The molecule has 8 heteroatoms. The number of nitrogens with zero attached hydrogens (tertiary/aromatic N) is 3. The second kappa shape index (κ2) is 7.09. The maximum atomic E-state index is 15.5. The van der Waals surface area contributed by atoms with Crippen molar-refractivity contribution in [3.63, 3.8) is 0 Å². The van der Waals surface area contributed by atoms with Crippen LogP contribution < -0.4 is 10.2 Å². The smallest absolute Gasteiger partial charge is 0.255 e. The number of carbonyl (C=O) groups is 3. The van der Waals surface area contributed by atoms with E-state index in [4.69, 9.17) is 11.0 Å². The quantitative estimate of drug-likeness (QED) is 0.749. The Balaban J connectivity index is 1.82. The lowest BCUT2D eigenvalue weighted by molar-refractivity contribution is -0.136. The van der Waals surface area contributed by atoms with Crippen molar-refractivity contribution in [2.24, 2.45) is 0 Å². The van der Waals surface area contributed by atoms with E-state index in [0.29, 0.717) is 4.90 Å².